The minimum absolute atomic E-state index is 0.0327. The topological polar surface area (TPSA) is 91.6 Å². The highest BCUT2D eigenvalue weighted by atomic mass is 16.5. The molecule has 33 heavy (non-hydrogen) atoms. The summed E-state index contributed by atoms with van der Waals surface area (Å²) in [5, 5.41) is 9.81. The molecule has 2 aromatic carbocycles. The molecule has 0 unspecified atom stereocenters. The van der Waals surface area contributed by atoms with Gasteiger partial charge in [0.25, 0.3) is 0 Å². The van der Waals surface area contributed by atoms with E-state index in [1.54, 1.807) is 7.11 Å². The smallest absolute Gasteiger partial charge is 0.330 e. The van der Waals surface area contributed by atoms with Gasteiger partial charge in [0, 0.05) is 26.2 Å². The van der Waals surface area contributed by atoms with Crippen LogP contribution in [0.2, 0.25) is 0 Å². The maximum atomic E-state index is 12.6. The van der Waals surface area contributed by atoms with Crippen LogP contribution >= 0.6 is 0 Å². The largest absolute Gasteiger partial charge is 0.495 e. The van der Waals surface area contributed by atoms with Crippen molar-refractivity contribution in [1.29, 1.82) is 5.26 Å². The fraction of sp³-hybridized carbons (Fsp3) is 0.280. The van der Waals surface area contributed by atoms with Crippen molar-refractivity contribution < 1.29 is 14.3 Å². The lowest BCUT2D eigenvalue weighted by Gasteiger charge is -2.37. The number of anilines is 2. The minimum Gasteiger partial charge on any atom is -0.495 e. The molecule has 1 aliphatic heterocycles. The highest BCUT2D eigenvalue weighted by Gasteiger charge is 2.31. The van der Waals surface area contributed by atoms with E-state index in [-0.39, 0.29) is 6.61 Å². The summed E-state index contributed by atoms with van der Waals surface area (Å²) in [6, 6.07) is 17.4. The van der Waals surface area contributed by atoms with Gasteiger partial charge in [-0.2, -0.15) is 5.26 Å². The number of benzene rings is 2. The molecular formula is C25H25N5O3. The number of ether oxygens (including phenoxy) is 2. The number of piperazine rings is 1. The molecule has 0 spiro atoms. The second-order valence-electron chi connectivity index (χ2n) is 7.55. The average Bonchev–Trinajstić information content (AvgIpc) is 2.87. The first-order valence-electron chi connectivity index (χ1n) is 10.7. The van der Waals surface area contributed by atoms with Crippen molar-refractivity contribution in [2.45, 2.75) is 5.92 Å². The van der Waals surface area contributed by atoms with Crippen molar-refractivity contribution in [2.24, 2.45) is 0 Å². The minimum atomic E-state index is -1.18. The van der Waals surface area contributed by atoms with Crippen molar-refractivity contribution in [3.05, 3.63) is 66.9 Å². The molecular weight excluding hydrogens is 418 g/mol. The molecule has 0 amide bonds. The van der Waals surface area contributed by atoms with Gasteiger partial charge in [0.15, 0.2) is 11.7 Å². The number of para-hydroxylation sites is 4. The summed E-state index contributed by atoms with van der Waals surface area (Å²) < 4.78 is 10.7. The van der Waals surface area contributed by atoms with Crippen LogP contribution in [-0.4, -0.2) is 55.8 Å². The monoisotopic (exact) mass is 443 g/mol. The number of fused-ring (bicyclic) bond motifs is 1. The molecule has 0 saturated carbocycles. The van der Waals surface area contributed by atoms with Crippen molar-refractivity contribution >= 4 is 28.5 Å². The van der Waals surface area contributed by atoms with Crippen LogP contribution in [0.5, 0.6) is 5.75 Å². The van der Waals surface area contributed by atoms with Crippen molar-refractivity contribution in [1.82, 2.24) is 9.97 Å². The van der Waals surface area contributed by atoms with Gasteiger partial charge in [-0.15, -0.1) is 0 Å². The van der Waals surface area contributed by atoms with E-state index in [0.29, 0.717) is 35.6 Å². The van der Waals surface area contributed by atoms with Crippen molar-refractivity contribution in [2.75, 3.05) is 49.7 Å². The summed E-state index contributed by atoms with van der Waals surface area (Å²) in [6.45, 7) is 6.35. The number of carbonyl (C=O) groups is 1. The van der Waals surface area contributed by atoms with E-state index in [0.717, 1.165) is 24.5 Å². The molecule has 1 aliphatic rings. The maximum Gasteiger partial charge on any atom is 0.330 e. The van der Waals surface area contributed by atoms with Gasteiger partial charge in [-0.25, -0.2) is 9.97 Å². The van der Waals surface area contributed by atoms with Gasteiger partial charge in [0.05, 0.1) is 29.9 Å². The molecule has 1 saturated heterocycles. The Balaban J connectivity index is 1.65. The predicted molar refractivity (Wildman–Crippen MR) is 126 cm³/mol. The number of hydrogen-bond acceptors (Lipinski definition) is 8. The molecule has 2 heterocycles. The SMILES string of the molecule is C=CCOC(=O)[C@@H](C#N)c1nc2ccccc2nc1N1CCN(c2ccccc2OC)CC1. The fourth-order valence-corrected chi connectivity index (χ4v) is 3.93. The van der Waals surface area contributed by atoms with E-state index < -0.39 is 11.9 Å². The number of methoxy groups -OCH3 is 1. The summed E-state index contributed by atoms with van der Waals surface area (Å²) in [5.41, 5.74) is 2.68. The summed E-state index contributed by atoms with van der Waals surface area (Å²) in [7, 11) is 1.67. The maximum absolute atomic E-state index is 12.6. The van der Waals surface area contributed by atoms with E-state index in [2.05, 4.69) is 27.4 Å². The first-order valence-corrected chi connectivity index (χ1v) is 10.7. The Labute approximate surface area is 192 Å². The van der Waals surface area contributed by atoms with E-state index in [4.69, 9.17) is 14.5 Å². The molecule has 0 aliphatic carbocycles. The van der Waals surface area contributed by atoms with E-state index in [1.807, 2.05) is 48.5 Å². The lowest BCUT2D eigenvalue weighted by Crippen LogP contribution is -2.47. The quantitative estimate of drug-likeness (QED) is 0.406. The zero-order valence-corrected chi connectivity index (χ0v) is 18.5. The number of nitrogens with zero attached hydrogens (tertiary/aromatic N) is 5. The first kappa shape index (κ1) is 22.1. The predicted octanol–water partition coefficient (Wildman–Crippen LogP) is 3.30. The lowest BCUT2D eigenvalue weighted by molar-refractivity contribution is -0.142. The second-order valence-corrected chi connectivity index (χ2v) is 7.55. The Morgan fingerprint density at radius 1 is 1.09 bits per heavy atom. The van der Waals surface area contributed by atoms with Gasteiger partial charge in [-0.3, -0.25) is 4.79 Å². The van der Waals surface area contributed by atoms with Crippen LogP contribution in [0, 0.1) is 11.3 Å². The van der Waals surface area contributed by atoms with Crippen LogP contribution in [0.1, 0.15) is 11.6 Å². The summed E-state index contributed by atoms with van der Waals surface area (Å²) >= 11 is 0. The normalized spacial score (nSPS) is 14.4. The second kappa shape index (κ2) is 10.0. The third-order valence-corrected chi connectivity index (χ3v) is 5.56. The fourth-order valence-electron chi connectivity index (χ4n) is 3.93. The van der Waals surface area contributed by atoms with Gasteiger partial charge >= 0.3 is 5.97 Å². The highest BCUT2D eigenvalue weighted by molar-refractivity contribution is 5.85. The molecule has 4 rings (SSSR count). The van der Waals surface area contributed by atoms with E-state index >= 15 is 0 Å². The number of rotatable bonds is 7. The molecule has 8 heteroatoms. The molecule has 1 fully saturated rings. The van der Waals surface area contributed by atoms with Crippen LogP contribution < -0.4 is 14.5 Å². The Morgan fingerprint density at radius 3 is 2.39 bits per heavy atom. The van der Waals surface area contributed by atoms with Gasteiger partial charge in [0.1, 0.15) is 18.1 Å². The van der Waals surface area contributed by atoms with Crippen molar-refractivity contribution in [3.63, 3.8) is 0 Å². The van der Waals surface area contributed by atoms with Gasteiger partial charge in [-0.1, -0.05) is 36.9 Å². The lowest BCUT2D eigenvalue weighted by atomic mass is 10.1. The summed E-state index contributed by atoms with van der Waals surface area (Å²) in [6.07, 6.45) is 1.47. The number of hydrogen-bond donors (Lipinski definition) is 0. The van der Waals surface area contributed by atoms with Gasteiger partial charge in [-0.05, 0) is 24.3 Å². The van der Waals surface area contributed by atoms with E-state index in [9.17, 15) is 10.1 Å². The number of esters is 1. The average molecular weight is 444 g/mol. The van der Waals surface area contributed by atoms with Crippen LogP contribution in [0.4, 0.5) is 11.5 Å². The van der Waals surface area contributed by atoms with Gasteiger partial charge in [0.2, 0.25) is 0 Å². The summed E-state index contributed by atoms with van der Waals surface area (Å²) in [5.74, 6) is -0.470. The Kier molecular flexibility index (Phi) is 6.69. The number of carbonyl (C=O) groups excluding carboxylic acids is 1. The number of nitriles is 1. The molecule has 1 atom stereocenters. The van der Waals surface area contributed by atoms with Gasteiger partial charge < -0.3 is 19.3 Å². The summed E-state index contributed by atoms with van der Waals surface area (Å²) in [4.78, 5) is 26.4. The molecule has 0 N–H and O–H groups in total. The van der Waals surface area contributed by atoms with Crippen LogP contribution in [0.3, 0.4) is 0 Å². The van der Waals surface area contributed by atoms with Crippen molar-refractivity contribution in [3.8, 4) is 11.8 Å². The molecule has 3 aromatic rings. The van der Waals surface area contributed by atoms with Crippen LogP contribution in [0.25, 0.3) is 11.0 Å². The standard InChI is InChI=1S/C25H25N5O3/c1-3-16-33-25(31)18(17-26)23-24(28-20-9-5-4-8-19(20)27-23)30-14-12-29(13-15-30)21-10-6-7-11-22(21)32-2/h3-11,18H,1,12-16H2,2H3/t18-/m0/s1. The molecule has 8 nitrogen and oxygen atoms in total. The third-order valence-electron chi connectivity index (χ3n) is 5.56. The third kappa shape index (κ3) is 4.58. The molecule has 0 bridgehead atoms. The Morgan fingerprint density at radius 2 is 1.73 bits per heavy atom. The van der Waals surface area contributed by atoms with Crippen LogP contribution in [0.15, 0.2) is 61.2 Å². The Hall–Kier alpha value is -4.12. The molecule has 0 radical (unpaired) electrons. The zero-order valence-electron chi connectivity index (χ0n) is 18.5. The van der Waals surface area contributed by atoms with E-state index in [1.165, 1.54) is 6.08 Å². The highest BCUT2D eigenvalue weighted by Crippen LogP contribution is 2.32. The van der Waals surface area contributed by atoms with Crippen LogP contribution in [-0.2, 0) is 9.53 Å². The number of aromatic nitrogens is 2. The first-order chi connectivity index (χ1) is 16.2. The Bertz CT molecular complexity index is 1200. The molecule has 168 valence electrons. The zero-order chi connectivity index (χ0) is 23.2. The molecule has 1 aromatic heterocycles.